The van der Waals surface area contributed by atoms with Gasteiger partial charge in [0.15, 0.2) is 4.80 Å². The van der Waals surface area contributed by atoms with Crippen LogP contribution in [0, 0.1) is 0 Å². The van der Waals surface area contributed by atoms with Gasteiger partial charge in [-0.15, -0.1) is 0 Å². The number of hydrogen-bond donors (Lipinski definition) is 0. The summed E-state index contributed by atoms with van der Waals surface area (Å²) in [5, 5.41) is 1.42. The molecule has 0 radical (unpaired) electrons. The third-order valence-corrected chi connectivity index (χ3v) is 6.30. The number of rotatable bonds is 5. The number of carbonyl (C=O) groups excluding carboxylic acids is 1. The van der Waals surface area contributed by atoms with Gasteiger partial charge < -0.3 is 13.7 Å². The minimum Gasteiger partial charge on any atom is -0.422 e. The van der Waals surface area contributed by atoms with Crippen molar-refractivity contribution in [3.8, 4) is 0 Å². The van der Waals surface area contributed by atoms with Gasteiger partial charge in [0.2, 0.25) is 0 Å². The molecular formula is C21H16Cl2N2O4S. The number of aromatic nitrogens is 1. The van der Waals surface area contributed by atoms with E-state index in [0.29, 0.717) is 51.1 Å². The fourth-order valence-corrected chi connectivity index (χ4v) is 4.59. The maximum absolute atomic E-state index is 12.9. The van der Waals surface area contributed by atoms with Crippen LogP contribution in [0.1, 0.15) is 17.3 Å². The standard InChI is InChI=1S/C21H16Cl2N2O4S/c1-2-28-10-9-25-18-16(8-7-14(22)17(18)23)30-21(25)24-19(26)13-11-12-5-3-4-6-15(12)29-20(13)27/h3-8,11H,2,9-10H2,1H3. The normalized spacial score (nSPS) is 12.2. The van der Waals surface area contributed by atoms with E-state index in [2.05, 4.69) is 4.99 Å². The smallest absolute Gasteiger partial charge is 0.349 e. The average molecular weight is 463 g/mol. The number of fused-ring (bicyclic) bond motifs is 2. The van der Waals surface area contributed by atoms with Gasteiger partial charge in [-0.1, -0.05) is 52.7 Å². The molecule has 0 N–H and O–H groups in total. The van der Waals surface area contributed by atoms with Gasteiger partial charge >= 0.3 is 5.63 Å². The van der Waals surface area contributed by atoms with E-state index >= 15 is 0 Å². The highest BCUT2D eigenvalue weighted by molar-refractivity contribution is 7.16. The highest BCUT2D eigenvalue weighted by Crippen LogP contribution is 2.32. The number of amides is 1. The molecule has 2 aromatic heterocycles. The molecule has 1 amide bonds. The molecule has 0 spiro atoms. The lowest BCUT2D eigenvalue weighted by molar-refractivity contribution is 0.0993. The highest BCUT2D eigenvalue weighted by atomic mass is 35.5. The Balaban J connectivity index is 1.86. The predicted molar refractivity (Wildman–Crippen MR) is 119 cm³/mol. The molecule has 4 rings (SSSR count). The summed E-state index contributed by atoms with van der Waals surface area (Å²) >= 11 is 13.9. The van der Waals surface area contributed by atoms with Crippen LogP contribution in [0.4, 0.5) is 0 Å². The number of nitrogens with zero attached hydrogens (tertiary/aromatic N) is 2. The lowest BCUT2D eigenvalue weighted by atomic mass is 10.2. The molecule has 30 heavy (non-hydrogen) atoms. The Morgan fingerprint density at radius 1 is 1.23 bits per heavy atom. The number of ether oxygens (including phenoxy) is 1. The Morgan fingerprint density at radius 2 is 2.03 bits per heavy atom. The van der Waals surface area contributed by atoms with E-state index in [-0.39, 0.29) is 5.56 Å². The van der Waals surface area contributed by atoms with Gasteiger partial charge in [-0.3, -0.25) is 4.79 Å². The van der Waals surface area contributed by atoms with Crippen LogP contribution in [-0.2, 0) is 11.3 Å². The van der Waals surface area contributed by atoms with Gasteiger partial charge in [-0.25, -0.2) is 4.79 Å². The van der Waals surface area contributed by atoms with Gasteiger partial charge in [0, 0.05) is 18.5 Å². The van der Waals surface area contributed by atoms with E-state index in [0.717, 1.165) is 4.70 Å². The zero-order valence-corrected chi connectivity index (χ0v) is 18.2. The van der Waals surface area contributed by atoms with E-state index in [4.69, 9.17) is 32.4 Å². The third-order valence-electron chi connectivity index (χ3n) is 4.47. The van der Waals surface area contributed by atoms with Crippen LogP contribution >= 0.6 is 34.5 Å². The van der Waals surface area contributed by atoms with E-state index in [1.54, 1.807) is 34.9 Å². The molecule has 0 aliphatic heterocycles. The molecule has 2 aromatic carbocycles. The van der Waals surface area contributed by atoms with Gasteiger partial charge in [-0.05, 0) is 31.2 Å². The van der Waals surface area contributed by atoms with E-state index in [1.165, 1.54) is 17.4 Å². The van der Waals surface area contributed by atoms with Crippen LogP contribution in [-0.4, -0.2) is 23.7 Å². The number of thiazole rings is 1. The first-order valence-electron chi connectivity index (χ1n) is 9.16. The first-order chi connectivity index (χ1) is 14.5. The van der Waals surface area contributed by atoms with Crippen LogP contribution in [0.5, 0.6) is 0 Å². The first kappa shape index (κ1) is 20.8. The number of carbonyl (C=O) groups is 1. The first-order valence-corrected chi connectivity index (χ1v) is 10.7. The summed E-state index contributed by atoms with van der Waals surface area (Å²) in [5.74, 6) is -0.687. The van der Waals surface area contributed by atoms with Crippen LogP contribution in [0.15, 0.2) is 56.7 Å². The number of halogens is 2. The van der Waals surface area contributed by atoms with Crippen molar-refractivity contribution in [2.45, 2.75) is 13.5 Å². The summed E-state index contributed by atoms with van der Waals surface area (Å²) in [5.41, 5.74) is 0.220. The van der Waals surface area contributed by atoms with Crippen molar-refractivity contribution in [1.82, 2.24) is 4.57 Å². The summed E-state index contributed by atoms with van der Waals surface area (Å²) in [6.07, 6.45) is 0. The molecule has 0 bridgehead atoms. The van der Waals surface area contributed by atoms with Crippen molar-refractivity contribution in [1.29, 1.82) is 0 Å². The number of para-hydroxylation sites is 1. The maximum atomic E-state index is 12.9. The molecule has 4 aromatic rings. The third kappa shape index (κ3) is 3.94. The second-order valence-electron chi connectivity index (χ2n) is 6.34. The van der Waals surface area contributed by atoms with Crippen LogP contribution in [0.3, 0.4) is 0 Å². The molecule has 9 heteroatoms. The van der Waals surface area contributed by atoms with E-state index in [9.17, 15) is 9.59 Å². The lowest BCUT2D eigenvalue weighted by Crippen LogP contribution is -2.21. The SMILES string of the molecule is CCOCCn1c(=NC(=O)c2cc3ccccc3oc2=O)sc2ccc(Cl)c(Cl)c21. The van der Waals surface area contributed by atoms with Crippen molar-refractivity contribution >= 4 is 61.6 Å². The van der Waals surface area contributed by atoms with Crippen LogP contribution in [0.25, 0.3) is 21.2 Å². The fourth-order valence-electron chi connectivity index (χ4n) is 3.05. The summed E-state index contributed by atoms with van der Waals surface area (Å²) in [7, 11) is 0. The van der Waals surface area contributed by atoms with Crippen molar-refractivity contribution in [2.24, 2.45) is 4.99 Å². The molecule has 0 aliphatic carbocycles. The topological polar surface area (TPSA) is 73.8 Å². The quantitative estimate of drug-likeness (QED) is 0.312. The zero-order valence-electron chi connectivity index (χ0n) is 15.9. The Morgan fingerprint density at radius 3 is 2.83 bits per heavy atom. The molecule has 6 nitrogen and oxygen atoms in total. The van der Waals surface area contributed by atoms with Gasteiger partial charge in [0.05, 0.1) is 26.9 Å². The minimum atomic E-state index is -0.731. The molecule has 0 fully saturated rings. The van der Waals surface area contributed by atoms with Crippen molar-refractivity contribution in [2.75, 3.05) is 13.2 Å². The predicted octanol–water partition coefficient (Wildman–Crippen LogP) is 4.89. The van der Waals surface area contributed by atoms with Crippen molar-refractivity contribution < 1.29 is 13.9 Å². The Hall–Kier alpha value is -2.45. The molecule has 0 unspecified atom stereocenters. The Labute approximate surface area is 184 Å². The molecule has 0 saturated heterocycles. The van der Waals surface area contributed by atoms with Gasteiger partial charge in [0.1, 0.15) is 11.1 Å². The molecule has 154 valence electrons. The summed E-state index contributed by atoms with van der Waals surface area (Å²) in [6.45, 7) is 3.28. The lowest BCUT2D eigenvalue weighted by Gasteiger charge is -2.07. The van der Waals surface area contributed by atoms with Crippen LogP contribution in [0.2, 0.25) is 10.0 Å². The highest BCUT2D eigenvalue weighted by Gasteiger charge is 2.16. The van der Waals surface area contributed by atoms with Crippen molar-refractivity contribution in [3.05, 3.63) is 73.3 Å². The molecule has 2 heterocycles. The molecule has 0 aliphatic rings. The van der Waals surface area contributed by atoms with E-state index in [1.807, 2.05) is 13.0 Å². The molecule has 0 saturated carbocycles. The van der Waals surface area contributed by atoms with Gasteiger partial charge in [-0.2, -0.15) is 4.99 Å². The molecule has 0 atom stereocenters. The number of hydrogen-bond acceptors (Lipinski definition) is 5. The Kier molecular flexibility index (Phi) is 6.06. The van der Waals surface area contributed by atoms with Gasteiger partial charge in [0.25, 0.3) is 5.91 Å². The minimum absolute atomic E-state index is 0.133. The average Bonchev–Trinajstić information content (AvgIpc) is 3.08. The molecular weight excluding hydrogens is 447 g/mol. The van der Waals surface area contributed by atoms with Crippen LogP contribution < -0.4 is 10.4 Å². The number of benzene rings is 2. The fraction of sp³-hybridized carbons (Fsp3) is 0.190. The van der Waals surface area contributed by atoms with E-state index < -0.39 is 11.5 Å². The summed E-state index contributed by atoms with van der Waals surface area (Å²) in [6, 6.07) is 12.0. The summed E-state index contributed by atoms with van der Waals surface area (Å²) < 4.78 is 13.3. The largest absolute Gasteiger partial charge is 0.422 e. The maximum Gasteiger partial charge on any atom is 0.349 e. The summed E-state index contributed by atoms with van der Waals surface area (Å²) in [4.78, 5) is 29.8. The second kappa shape index (κ2) is 8.73. The Bertz CT molecular complexity index is 1390. The van der Waals surface area contributed by atoms with Crippen molar-refractivity contribution in [3.63, 3.8) is 0 Å². The zero-order chi connectivity index (χ0) is 21.3. The second-order valence-corrected chi connectivity index (χ2v) is 8.14. The monoisotopic (exact) mass is 462 g/mol.